The van der Waals surface area contributed by atoms with Crippen LogP contribution < -0.4 is 5.32 Å². The number of nitrogens with zero attached hydrogens (tertiary/aromatic N) is 4. The summed E-state index contributed by atoms with van der Waals surface area (Å²) in [5, 5.41) is 13.2. The SMILES string of the molecule is CCOC(=O)c1nnnn1CC(=O)NC1CC1. The molecule has 0 aliphatic heterocycles. The molecule has 92 valence electrons. The topological polar surface area (TPSA) is 99.0 Å². The highest BCUT2D eigenvalue weighted by molar-refractivity contribution is 5.86. The number of hydrogen-bond acceptors (Lipinski definition) is 6. The minimum absolute atomic E-state index is 0.0576. The molecule has 1 saturated carbocycles. The van der Waals surface area contributed by atoms with E-state index in [-0.39, 0.29) is 30.9 Å². The molecular weight excluding hydrogens is 226 g/mol. The zero-order valence-corrected chi connectivity index (χ0v) is 9.42. The van der Waals surface area contributed by atoms with Crippen LogP contribution in [0.2, 0.25) is 0 Å². The van der Waals surface area contributed by atoms with Gasteiger partial charge in [-0.15, -0.1) is 5.10 Å². The van der Waals surface area contributed by atoms with Crippen LogP contribution in [0.1, 0.15) is 30.4 Å². The molecule has 8 nitrogen and oxygen atoms in total. The number of ether oxygens (including phenoxy) is 1. The first-order valence-electron chi connectivity index (χ1n) is 5.43. The fourth-order valence-electron chi connectivity index (χ4n) is 1.29. The van der Waals surface area contributed by atoms with Gasteiger partial charge in [0, 0.05) is 6.04 Å². The van der Waals surface area contributed by atoms with E-state index >= 15 is 0 Å². The first kappa shape index (κ1) is 11.5. The van der Waals surface area contributed by atoms with E-state index in [4.69, 9.17) is 4.74 Å². The summed E-state index contributed by atoms with van der Waals surface area (Å²) in [5.74, 6) is -0.889. The number of amides is 1. The first-order valence-corrected chi connectivity index (χ1v) is 5.43. The van der Waals surface area contributed by atoms with Crippen LogP contribution in [0.15, 0.2) is 0 Å². The molecule has 1 amide bonds. The van der Waals surface area contributed by atoms with E-state index in [1.807, 2.05) is 0 Å². The van der Waals surface area contributed by atoms with Crippen LogP contribution in [0, 0.1) is 0 Å². The molecule has 0 atom stereocenters. The number of tetrazole rings is 1. The molecule has 0 aromatic carbocycles. The van der Waals surface area contributed by atoms with Gasteiger partial charge in [-0.3, -0.25) is 4.79 Å². The van der Waals surface area contributed by atoms with E-state index in [1.165, 1.54) is 0 Å². The van der Waals surface area contributed by atoms with Crippen molar-refractivity contribution in [2.45, 2.75) is 32.4 Å². The monoisotopic (exact) mass is 239 g/mol. The van der Waals surface area contributed by atoms with E-state index in [1.54, 1.807) is 6.92 Å². The summed E-state index contributed by atoms with van der Waals surface area (Å²) in [6.45, 7) is 1.85. The lowest BCUT2D eigenvalue weighted by atomic mass is 10.5. The van der Waals surface area contributed by atoms with Crippen molar-refractivity contribution in [3.63, 3.8) is 0 Å². The summed E-state index contributed by atoms with van der Waals surface area (Å²) in [6.07, 6.45) is 2.01. The largest absolute Gasteiger partial charge is 0.460 e. The van der Waals surface area contributed by atoms with Gasteiger partial charge < -0.3 is 10.1 Å². The Morgan fingerprint density at radius 1 is 1.53 bits per heavy atom. The Bertz CT molecular complexity index is 426. The molecule has 1 aromatic rings. The quantitative estimate of drug-likeness (QED) is 0.670. The van der Waals surface area contributed by atoms with Gasteiger partial charge in [0.05, 0.1) is 6.61 Å². The van der Waals surface area contributed by atoms with E-state index in [9.17, 15) is 9.59 Å². The maximum atomic E-state index is 11.5. The number of carbonyl (C=O) groups excluding carboxylic acids is 2. The maximum absolute atomic E-state index is 11.5. The molecule has 0 spiro atoms. The summed E-state index contributed by atoms with van der Waals surface area (Å²) in [5.41, 5.74) is 0. The molecule has 0 saturated heterocycles. The van der Waals surface area contributed by atoms with Crippen LogP contribution in [-0.2, 0) is 16.1 Å². The Labute approximate surface area is 97.3 Å². The molecule has 17 heavy (non-hydrogen) atoms. The summed E-state index contributed by atoms with van der Waals surface area (Å²) in [6, 6.07) is 0.269. The van der Waals surface area contributed by atoms with E-state index in [2.05, 4.69) is 20.8 Å². The Kier molecular flexibility index (Phi) is 3.31. The van der Waals surface area contributed by atoms with Crippen LogP contribution >= 0.6 is 0 Å². The van der Waals surface area contributed by atoms with Gasteiger partial charge >= 0.3 is 5.97 Å². The Hall–Kier alpha value is -1.99. The molecule has 0 bridgehead atoms. The summed E-state index contributed by atoms with van der Waals surface area (Å²) < 4.78 is 5.90. The number of aromatic nitrogens is 4. The van der Waals surface area contributed by atoms with Gasteiger partial charge in [0.15, 0.2) is 0 Å². The highest BCUT2D eigenvalue weighted by Gasteiger charge is 2.25. The van der Waals surface area contributed by atoms with Gasteiger partial charge in [0.1, 0.15) is 6.54 Å². The predicted molar refractivity (Wildman–Crippen MR) is 54.9 cm³/mol. The highest BCUT2D eigenvalue weighted by atomic mass is 16.5. The van der Waals surface area contributed by atoms with Gasteiger partial charge in [0.25, 0.3) is 5.82 Å². The van der Waals surface area contributed by atoms with Gasteiger partial charge in [0.2, 0.25) is 5.91 Å². The van der Waals surface area contributed by atoms with Crippen molar-refractivity contribution < 1.29 is 14.3 Å². The van der Waals surface area contributed by atoms with E-state index < -0.39 is 5.97 Å². The van der Waals surface area contributed by atoms with Crippen molar-refractivity contribution in [3.8, 4) is 0 Å². The predicted octanol–water partition coefficient (Wildman–Crippen LogP) is -0.872. The van der Waals surface area contributed by atoms with Crippen LogP contribution in [0.4, 0.5) is 0 Å². The van der Waals surface area contributed by atoms with Gasteiger partial charge in [-0.1, -0.05) is 0 Å². The van der Waals surface area contributed by atoms with Crippen molar-refractivity contribution in [2.24, 2.45) is 0 Å². The fourth-order valence-corrected chi connectivity index (χ4v) is 1.29. The molecular formula is C9H13N5O3. The molecule has 1 aromatic heterocycles. The normalized spacial score (nSPS) is 14.4. The van der Waals surface area contributed by atoms with Crippen molar-refractivity contribution in [2.75, 3.05) is 6.61 Å². The lowest BCUT2D eigenvalue weighted by Crippen LogP contribution is -2.31. The molecule has 8 heteroatoms. The number of nitrogens with one attached hydrogen (secondary N) is 1. The molecule has 1 heterocycles. The summed E-state index contributed by atoms with van der Waals surface area (Å²) in [4.78, 5) is 22.9. The number of carbonyl (C=O) groups is 2. The Balaban J connectivity index is 1.97. The van der Waals surface area contributed by atoms with Crippen molar-refractivity contribution in [3.05, 3.63) is 5.82 Å². The standard InChI is InChI=1S/C9H13N5O3/c1-2-17-9(16)8-11-12-13-14(8)5-7(15)10-6-3-4-6/h6H,2-5H2,1H3,(H,10,15). The number of hydrogen-bond donors (Lipinski definition) is 1. The molecule has 1 aliphatic rings. The molecule has 0 unspecified atom stereocenters. The Morgan fingerprint density at radius 3 is 2.94 bits per heavy atom. The van der Waals surface area contributed by atoms with Crippen molar-refractivity contribution >= 4 is 11.9 Å². The lowest BCUT2D eigenvalue weighted by molar-refractivity contribution is -0.122. The second kappa shape index (κ2) is 4.89. The van der Waals surface area contributed by atoms with Gasteiger partial charge in [-0.25, -0.2) is 9.48 Å². The zero-order chi connectivity index (χ0) is 12.3. The first-order chi connectivity index (χ1) is 8.20. The Morgan fingerprint density at radius 2 is 2.29 bits per heavy atom. The lowest BCUT2D eigenvalue weighted by Gasteiger charge is -2.04. The fraction of sp³-hybridized carbons (Fsp3) is 0.667. The number of rotatable bonds is 5. The van der Waals surface area contributed by atoms with Crippen molar-refractivity contribution in [1.29, 1.82) is 0 Å². The van der Waals surface area contributed by atoms with Crippen molar-refractivity contribution in [1.82, 2.24) is 25.5 Å². The van der Waals surface area contributed by atoms with Gasteiger partial charge in [-0.2, -0.15) is 0 Å². The average molecular weight is 239 g/mol. The highest BCUT2D eigenvalue weighted by Crippen LogP contribution is 2.18. The molecule has 2 rings (SSSR count). The third kappa shape index (κ3) is 2.99. The average Bonchev–Trinajstić information content (AvgIpc) is 2.95. The van der Waals surface area contributed by atoms with E-state index in [0.29, 0.717) is 0 Å². The molecule has 0 radical (unpaired) electrons. The zero-order valence-electron chi connectivity index (χ0n) is 9.42. The van der Waals surface area contributed by atoms with Crippen LogP contribution in [0.3, 0.4) is 0 Å². The minimum atomic E-state index is -0.628. The van der Waals surface area contributed by atoms with Crippen LogP contribution in [0.25, 0.3) is 0 Å². The smallest absolute Gasteiger partial charge is 0.378 e. The molecule has 1 aliphatic carbocycles. The maximum Gasteiger partial charge on any atom is 0.378 e. The number of esters is 1. The second-order valence-electron chi connectivity index (χ2n) is 3.72. The summed E-state index contributed by atoms with van der Waals surface area (Å²) in [7, 11) is 0. The van der Waals surface area contributed by atoms with Gasteiger partial charge in [-0.05, 0) is 30.2 Å². The third-order valence-corrected chi connectivity index (χ3v) is 2.23. The molecule has 1 N–H and O–H groups in total. The van der Waals surface area contributed by atoms with Crippen LogP contribution in [0.5, 0.6) is 0 Å². The second-order valence-corrected chi connectivity index (χ2v) is 3.72. The minimum Gasteiger partial charge on any atom is -0.460 e. The van der Waals surface area contributed by atoms with E-state index in [0.717, 1.165) is 17.5 Å². The van der Waals surface area contributed by atoms with Crippen LogP contribution in [-0.4, -0.2) is 44.7 Å². The molecule has 1 fully saturated rings. The third-order valence-electron chi connectivity index (χ3n) is 2.23. The summed E-state index contributed by atoms with van der Waals surface area (Å²) >= 11 is 0.